The maximum absolute atomic E-state index is 13.2. The lowest BCUT2D eigenvalue weighted by Gasteiger charge is -2.03. The Hall–Kier alpha value is -3.22. The third-order valence-electron chi connectivity index (χ3n) is 4.91. The summed E-state index contributed by atoms with van der Waals surface area (Å²) in [4.78, 5) is 24.0. The van der Waals surface area contributed by atoms with Gasteiger partial charge in [-0.25, -0.2) is 9.97 Å². The SMILES string of the molecule is Cc1c(-c2ccccc2)sc2ncn(Cc3coc(-c4cccc(Cl)c4)n3)c(=O)c12. The Bertz CT molecular complexity index is 1420. The molecule has 0 aliphatic carbocycles. The van der Waals surface area contributed by atoms with E-state index in [0.29, 0.717) is 22.0 Å². The monoisotopic (exact) mass is 433 g/mol. The molecule has 0 bridgehead atoms. The number of rotatable bonds is 4. The summed E-state index contributed by atoms with van der Waals surface area (Å²) in [5.74, 6) is 0.465. The Kier molecular flexibility index (Phi) is 4.73. The topological polar surface area (TPSA) is 60.9 Å². The lowest BCUT2D eigenvalue weighted by Crippen LogP contribution is -2.21. The number of halogens is 1. The molecule has 0 atom stereocenters. The molecule has 148 valence electrons. The van der Waals surface area contributed by atoms with Crippen LogP contribution < -0.4 is 5.56 Å². The van der Waals surface area contributed by atoms with E-state index in [0.717, 1.165) is 26.4 Å². The van der Waals surface area contributed by atoms with E-state index in [1.807, 2.05) is 49.4 Å². The smallest absolute Gasteiger partial charge is 0.262 e. The Labute approximate surface area is 181 Å². The summed E-state index contributed by atoms with van der Waals surface area (Å²) in [5.41, 5.74) is 3.39. The van der Waals surface area contributed by atoms with Gasteiger partial charge in [0.1, 0.15) is 11.1 Å². The fourth-order valence-electron chi connectivity index (χ4n) is 3.44. The highest BCUT2D eigenvalue weighted by Crippen LogP contribution is 2.35. The largest absolute Gasteiger partial charge is 0.444 e. The summed E-state index contributed by atoms with van der Waals surface area (Å²) < 4.78 is 7.15. The number of benzene rings is 2. The third kappa shape index (κ3) is 3.34. The number of aromatic nitrogens is 3. The van der Waals surface area contributed by atoms with E-state index in [1.165, 1.54) is 11.3 Å². The minimum Gasteiger partial charge on any atom is -0.444 e. The van der Waals surface area contributed by atoms with Gasteiger partial charge in [0.25, 0.3) is 5.56 Å². The van der Waals surface area contributed by atoms with Crippen LogP contribution in [0.3, 0.4) is 0 Å². The van der Waals surface area contributed by atoms with Crippen molar-refractivity contribution in [2.24, 2.45) is 0 Å². The Morgan fingerprint density at radius 3 is 2.70 bits per heavy atom. The Morgan fingerprint density at radius 2 is 1.90 bits per heavy atom. The number of thiophene rings is 1. The molecule has 0 spiro atoms. The number of hydrogen-bond donors (Lipinski definition) is 0. The van der Waals surface area contributed by atoms with Crippen LogP contribution in [0.1, 0.15) is 11.3 Å². The van der Waals surface area contributed by atoms with Crippen LogP contribution >= 0.6 is 22.9 Å². The van der Waals surface area contributed by atoms with Crippen LogP contribution in [-0.2, 0) is 6.54 Å². The standard InChI is InChI=1S/C23H16ClN3O2S/c1-14-19-22(30-20(14)15-6-3-2-4-7-15)25-13-27(23(19)28)11-18-12-29-21(26-18)16-8-5-9-17(24)10-16/h2-10,12-13H,11H2,1H3. The predicted molar refractivity (Wildman–Crippen MR) is 120 cm³/mol. The lowest BCUT2D eigenvalue weighted by atomic mass is 10.1. The van der Waals surface area contributed by atoms with Crippen LogP contribution in [-0.4, -0.2) is 14.5 Å². The second-order valence-electron chi connectivity index (χ2n) is 6.93. The van der Waals surface area contributed by atoms with Crippen LogP contribution in [0.25, 0.3) is 32.1 Å². The maximum atomic E-state index is 13.2. The second-order valence-corrected chi connectivity index (χ2v) is 8.37. The molecule has 7 heteroatoms. The van der Waals surface area contributed by atoms with Crippen LogP contribution in [0.5, 0.6) is 0 Å². The molecule has 0 saturated carbocycles. The van der Waals surface area contributed by atoms with Gasteiger partial charge in [0.15, 0.2) is 0 Å². The first-order valence-electron chi connectivity index (χ1n) is 9.34. The number of oxazole rings is 1. The molecule has 5 nitrogen and oxygen atoms in total. The van der Waals surface area contributed by atoms with Crippen molar-refractivity contribution < 1.29 is 4.42 Å². The summed E-state index contributed by atoms with van der Waals surface area (Å²) in [6.45, 7) is 2.25. The zero-order chi connectivity index (χ0) is 20.7. The van der Waals surface area contributed by atoms with Crippen LogP contribution in [0, 0.1) is 6.92 Å². The molecular formula is C23H16ClN3O2S. The van der Waals surface area contributed by atoms with Crippen molar-refractivity contribution in [2.75, 3.05) is 0 Å². The number of nitrogens with zero attached hydrogens (tertiary/aromatic N) is 3. The molecule has 0 saturated heterocycles. The van der Waals surface area contributed by atoms with Gasteiger partial charge in [-0.1, -0.05) is 48.0 Å². The normalized spacial score (nSPS) is 11.3. The van der Waals surface area contributed by atoms with Gasteiger partial charge in [0.2, 0.25) is 5.89 Å². The van der Waals surface area contributed by atoms with Crippen molar-refractivity contribution in [2.45, 2.75) is 13.5 Å². The predicted octanol–water partition coefficient (Wildman–Crippen LogP) is 5.79. The molecule has 5 aromatic rings. The molecule has 0 radical (unpaired) electrons. The van der Waals surface area contributed by atoms with Gasteiger partial charge in [-0.2, -0.15) is 0 Å². The summed E-state index contributed by atoms with van der Waals surface area (Å²) in [7, 11) is 0. The van der Waals surface area contributed by atoms with E-state index < -0.39 is 0 Å². The highest BCUT2D eigenvalue weighted by Gasteiger charge is 2.16. The van der Waals surface area contributed by atoms with E-state index >= 15 is 0 Å². The van der Waals surface area contributed by atoms with Crippen molar-refractivity contribution >= 4 is 33.2 Å². The molecule has 3 aromatic heterocycles. The van der Waals surface area contributed by atoms with Gasteiger partial charge in [-0.15, -0.1) is 11.3 Å². The molecule has 0 aliphatic heterocycles. The highest BCUT2D eigenvalue weighted by atomic mass is 35.5. The van der Waals surface area contributed by atoms with Gasteiger partial charge in [-0.3, -0.25) is 9.36 Å². The van der Waals surface area contributed by atoms with E-state index in [-0.39, 0.29) is 12.1 Å². The van der Waals surface area contributed by atoms with Crippen LogP contribution in [0.15, 0.2) is 76.4 Å². The quantitative estimate of drug-likeness (QED) is 0.360. The third-order valence-corrected chi connectivity index (χ3v) is 6.39. The Balaban J connectivity index is 1.51. The first-order valence-corrected chi connectivity index (χ1v) is 10.5. The average Bonchev–Trinajstić information content (AvgIpc) is 3.36. The van der Waals surface area contributed by atoms with E-state index in [4.69, 9.17) is 16.0 Å². The molecule has 0 unspecified atom stereocenters. The van der Waals surface area contributed by atoms with E-state index in [2.05, 4.69) is 9.97 Å². The molecule has 3 heterocycles. The van der Waals surface area contributed by atoms with Gasteiger partial charge in [0.05, 0.1) is 24.0 Å². The molecule has 5 rings (SSSR count). The van der Waals surface area contributed by atoms with Crippen LogP contribution in [0.2, 0.25) is 5.02 Å². The summed E-state index contributed by atoms with van der Waals surface area (Å²) in [6, 6.07) is 17.4. The van der Waals surface area contributed by atoms with Crippen molar-refractivity contribution in [3.63, 3.8) is 0 Å². The van der Waals surface area contributed by atoms with Crippen LogP contribution in [0.4, 0.5) is 0 Å². The minimum absolute atomic E-state index is 0.0803. The molecule has 0 aliphatic rings. The average molecular weight is 434 g/mol. The number of aryl methyl sites for hydroxylation is 1. The van der Waals surface area contributed by atoms with Crippen molar-refractivity contribution in [3.05, 3.63) is 93.8 Å². The van der Waals surface area contributed by atoms with Gasteiger partial charge in [0, 0.05) is 15.5 Å². The summed E-state index contributed by atoms with van der Waals surface area (Å²) in [5, 5.41) is 1.26. The highest BCUT2D eigenvalue weighted by molar-refractivity contribution is 7.22. The molecule has 0 fully saturated rings. The zero-order valence-electron chi connectivity index (χ0n) is 16.0. The fraction of sp³-hybridized carbons (Fsp3) is 0.0870. The van der Waals surface area contributed by atoms with E-state index in [9.17, 15) is 4.79 Å². The maximum Gasteiger partial charge on any atom is 0.262 e. The zero-order valence-corrected chi connectivity index (χ0v) is 17.6. The fourth-order valence-corrected chi connectivity index (χ4v) is 4.78. The first-order chi connectivity index (χ1) is 14.6. The lowest BCUT2D eigenvalue weighted by molar-refractivity contribution is 0.571. The minimum atomic E-state index is -0.0803. The molecule has 30 heavy (non-hydrogen) atoms. The molecule has 0 N–H and O–H groups in total. The van der Waals surface area contributed by atoms with Crippen molar-refractivity contribution in [1.82, 2.24) is 14.5 Å². The van der Waals surface area contributed by atoms with Crippen molar-refractivity contribution in [3.8, 4) is 21.9 Å². The summed E-state index contributed by atoms with van der Waals surface area (Å²) >= 11 is 7.58. The number of hydrogen-bond acceptors (Lipinski definition) is 5. The van der Waals surface area contributed by atoms with Gasteiger partial charge < -0.3 is 4.42 Å². The number of fused-ring (bicyclic) bond motifs is 1. The van der Waals surface area contributed by atoms with Crippen molar-refractivity contribution in [1.29, 1.82) is 0 Å². The Morgan fingerprint density at radius 1 is 1.10 bits per heavy atom. The molecule has 2 aromatic carbocycles. The second kappa shape index (κ2) is 7.55. The van der Waals surface area contributed by atoms with Gasteiger partial charge in [-0.05, 0) is 36.2 Å². The van der Waals surface area contributed by atoms with Gasteiger partial charge >= 0.3 is 0 Å². The summed E-state index contributed by atoms with van der Waals surface area (Å²) in [6.07, 6.45) is 3.13. The molecular weight excluding hydrogens is 418 g/mol. The first kappa shape index (κ1) is 18.8. The molecule has 0 amide bonds. The van der Waals surface area contributed by atoms with E-state index in [1.54, 1.807) is 29.3 Å².